The molecule has 3 aromatic carbocycles. The first-order valence-corrected chi connectivity index (χ1v) is 9.70. The largest absolute Gasteiger partial charge is 0.326 e. The molecule has 0 aliphatic heterocycles. The second-order valence-corrected chi connectivity index (χ2v) is 7.36. The maximum Gasteiger partial charge on any atom is 0.313 e. The number of aryl methyl sites for hydroxylation is 3. The molecule has 4 heteroatoms. The first-order valence-electron chi connectivity index (χ1n) is 9.70. The second-order valence-electron chi connectivity index (χ2n) is 7.36. The zero-order valence-corrected chi connectivity index (χ0v) is 17.1. The third-order valence-corrected chi connectivity index (χ3v) is 4.83. The smallest absolute Gasteiger partial charge is 0.313 e. The van der Waals surface area contributed by atoms with Crippen molar-refractivity contribution < 1.29 is 9.59 Å². The zero-order chi connectivity index (χ0) is 20.8. The van der Waals surface area contributed by atoms with Crippen LogP contribution in [0.15, 0.2) is 72.8 Å². The minimum Gasteiger partial charge on any atom is -0.326 e. The zero-order valence-electron chi connectivity index (χ0n) is 17.1. The van der Waals surface area contributed by atoms with Gasteiger partial charge in [0.2, 0.25) is 0 Å². The van der Waals surface area contributed by atoms with Crippen LogP contribution < -0.4 is 5.32 Å². The molecule has 0 bridgehead atoms. The number of benzene rings is 3. The van der Waals surface area contributed by atoms with Gasteiger partial charge >= 0.3 is 11.8 Å². The van der Waals surface area contributed by atoms with Crippen molar-refractivity contribution in [3.8, 4) is 0 Å². The summed E-state index contributed by atoms with van der Waals surface area (Å²) in [7, 11) is 0. The number of carbonyl (C=O) groups excluding carboxylic acids is 2. The van der Waals surface area contributed by atoms with E-state index in [1.165, 1.54) is 0 Å². The number of nitrogens with zero attached hydrogens (tertiary/aromatic N) is 1. The van der Waals surface area contributed by atoms with E-state index in [-0.39, 0.29) is 0 Å². The molecule has 3 rings (SSSR count). The van der Waals surface area contributed by atoms with E-state index < -0.39 is 11.8 Å². The van der Waals surface area contributed by atoms with Crippen LogP contribution >= 0.6 is 0 Å². The molecule has 0 aliphatic carbocycles. The lowest BCUT2D eigenvalue weighted by Gasteiger charge is -2.23. The Hall–Kier alpha value is -3.40. The average Bonchev–Trinajstić information content (AvgIpc) is 2.71. The molecule has 0 atom stereocenters. The average molecular weight is 386 g/mol. The maximum atomic E-state index is 13.1. The first kappa shape index (κ1) is 20.3. The Morgan fingerprint density at radius 3 is 1.66 bits per heavy atom. The van der Waals surface area contributed by atoms with E-state index >= 15 is 0 Å². The number of rotatable bonds is 5. The predicted molar refractivity (Wildman–Crippen MR) is 116 cm³/mol. The molecule has 3 aromatic rings. The molecule has 0 saturated heterocycles. The topological polar surface area (TPSA) is 49.4 Å². The standard InChI is InChI=1S/C25H26N2O2/c1-18-14-19(2)23(20(3)15-18)26-24(28)25(29)27(16-21-10-6-4-7-11-21)17-22-12-8-5-9-13-22/h4-15H,16-17H2,1-3H3,(H,26,28). The molecule has 4 nitrogen and oxygen atoms in total. The summed E-state index contributed by atoms with van der Waals surface area (Å²) in [6, 6.07) is 23.4. The SMILES string of the molecule is Cc1cc(C)c(NC(=O)C(=O)N(Cc2ccccc2)Cc2ccccc2)c(C)c1. The summed E-state index contributed by atoms with van der Waals surface area (Å²) in [5, 5.41) is 2.83. The predicted octanol–water partition coefficient (Wildman–Crippen LogP) is 4.78. The van der Waals surface area contributed by atoms with Gasteiger partial charge in [-0.25, -0.2) is 0 Å². The highest BCUT2D eigenvalue weighted by Crippen LogP contribution is 2.22. The molecule has 0 unspecified atom stereocenters. The molecule has 0 radical (unpaired) electrons. The third kappa shape index (κ3) is 5.32. The molecular formula is C25H26N2O2. The van der Waals surface area contributed by atoms with Gasteiger partial charge in [-0.2, -0.15) is 0 Å². The summed E-state index contributed by atoms with van der Waals surface area (Å²) >= 11 is 0. The number of amides is 2. The summed E-state index contributed by atoms with van der Waals surface area (Å²) < 4.78 is 0. The van der Waals surface area contributed by atoms with Crippen molar-refractivity contribution in [2.45, 2.75) is 33.9 Å². The van der Waals surface area contributed by atoms with E-state index in [0.29, 0.717) is 18.8 Å². The quantitative estimate of drug-likeness (QED) is 0.642. The Bertz CT molecular complexity index is 933. The lowest BCUT2D eigenvalue weighted by Crippen LogP contribution is -2.39. The minimum atomic E-state index is -0.619. The molecular weight excluding hydrogens is 360 g/mol. The van der Waals surface area contributed by atoms with Crippen LogP contribution in [-0.4, -0.2) is 16.7 Å². The maximum absolute atomic E-state index is 13.1. The van der Waals surface area contributed by atoms with Gasteiger partial charge in [0, 0.05) is 18.8 Å². The Morgan fingerprint density at radius 2 is 1.21 bits per heavy atom. The van der Waals surface area contributed by atoms with Gasteiger partial charge in [0.05, 0.1) is 0 Å². The van der Waals surface area contributed by atoms with Crippen LogP contribution in [-0.2, 0) is 22.7 Å². The van der Waals surface area contributed by atoms with Gasteiger partial charge in [-0.1, -0.05) is 78.4 Å². The molecule has 0 aromatic heterocycles. The Labute approximate surface area is 172 Å². The van der Waals surface area contributed by atoms with Crippen LogP contribution in [0.3, 0.4) is 0 Å². The number of nitrogens with one attached hydrogen (secondary N) is 1. The fourth-order valence-corrected chi connectivity index (χ4v) is 3.49. The number of carbonyl (C=O) groups is 2. The molecule has 2 amide bonds. The fraction of sp³-hybridized carbons (Fsp3) is 0.200. The van der Waals surface area contributed by atoms with Gasteiger partial charge in [-0.15, -0.1) is 0 Å². The lowest BCUT2D eigenvalue weighted by atomic mass is 10.1. The van der Waals surface area contributed by atoms with Gasteiger partial charge < -0.3 is 10.2 Å². The van der Waals surface area contributed by atoms with E-state index in [1.807, 2.05) is 93.6 Å². The van der Waals surface area contributed by atoms with Gasteiger partial charge in [0.15, 0.2) is 0 Å². The molecule has 0 aliphatic rings. The molecule has 0 saturated carbocycles. The van der Waals surface area contributed by atoms with E-state index in [2.05, 4.69) is 5.32 Å². The van der Waals surface area contributed by atoms with Crippen molar-refractivity contribution in [1.82, 2.24) is 4.90 Å². The fourth-order valence-electron chi connectivity index (χ4n) is 3.49. The Morgan fingerprint density at radius 1 is 0.759 bits per heavy atom. The number of hydrogen-bond acceptors (Lipinski definition) is 2. The third-order valence-electron chi connectivity index (χ3n) is 4.83. The molecule has 29 heavy (non-hydrogen) atoms. The van der Waals surface area contributed by atoms with Crippen molar-refractivity contribution >= 4 is 17.5 Å². The van der Waals surface area contributed by atoms with Crippen molar-refractivity contribution in [3.63, 3.8) is 0 Å². The summed E-state index contributed by atoms with van der Waals surface area (Å²) in [6.45, 7) is 6.62. The molecule has 148 valence electrons. The van der Waals surface area contributed by atoms with Crippen molar-refractivity contribution in [1.29, 1.82) is 0 Å². The highest BCUT2D eigenvalue weighted by molar-refractivity contribution is 6.39. The first-order chi connectivity index (χ1) is 13.9. The van der Waals surface area contributed by atoms with Crippen molar-refractivity contribution in [2.24, 2.45) is 0 Å². The monoisotopic (exact) mass is 386 g/mol. The molecule has 0 spiro atoms. The van der Waals surface area contributed by atoms with Gasteiger partial charge in [0.1, 0.15) is 0 Å². The highest BCUT2D eigenvalue weighted by Gasteiger charge is 2.23. The summed E-state index contributed by atoms with van der Waals surface area (Å²) in [5.41, 5.74) is 5.68. The van der Waals surface area contributed by atoms with E-state index in [1.54, 1.807) is 4.90 Å². The van der Waals surface area contributed by atoms with Crippen LogP contribution in [0.5, 0.6) is 0 Å². The molecule has 1 N–H and O–H groups in total. The van der Waals surface area contributed by atoms with Crippen LogP contribution in [0.2, 0.25) is 0 Å². The van der Waals surface area contributed by atoms with Crippen LogP contribution in [0.25, 0.3) is 0 Å². The van der Waals surface area contributed by atoms with Crippen molar-refractivity contribution in [2.75, 3.05) is 5.32 Å². The normalized spacial score (nSPS) is 10.4. The van der Waals surface area contributed by atoms with E-state index in [9.17, 15) is 9.59 Å². The number of anilines is 1. The Balaban J connectivity index is 1.82. The molecule has 0 fully saturated rings. The van der Waals surface area contributed by atoms with Crippen molar-refractivity contribution in [3.05, 3.63) is 101 Å². The van der Waals surface area contributed by atoms with E-state index in [4.69, 9.17) is 0 Å². The summed E-state index contributed by atoms with van der Waals surface area (Å²) in [6.07, 6.45) is 0. The van der Waals surface area contributed by atoms with Gasteiger partial charge in [-0.3, -0.25) is 9.59 Å². The van der Waals surface area contributed by atoms with Gasteiger partial charge in [0.25, 0.3) is 0 Å². The Kier molecular flexibility index (Phi) is 6.45. The lowest BCUT2D eigenvalue weighted by molar-refractivity contribution is -0.144. The van der Waals surface area contributed by atoms with E-state index in [0.717, 1.165) is 27.8 Å². The summed E-state index contributed by atoms with van der Waals surface area (Å²) in [5.74, 6) is -1.16. The highest BCUT2D eigenvalue weighted by atomic mass is 16.2. The number of hydrogen-bond donors (Lipinski definition) is 1. The minimum absolute atomic E-state index is 0.369. The second kappa shape index (κ2) is 9.20. The van der Waals surface area contributed by atoms with Crippen LogP contribution in [0, 0.1) is 20.8 Å². The van der Waals surface area contributed by atoms with Crippen LogP contribution in [0.4, 0.5) is 5.69 Å². The van der Waals surface area contributed by atoms with Crippen LogP contribution in [0.1, 0.15) is 27.8 Å². The van der Waals surface area contributed by atoms with Gasteiger partial charge in [-0.05, 0) is 43.0 Å². The summed E-state index contributed by atoms with van der Waals surface area (Å²) in [4.78, 5) is 27.5. The molecule has 0 heterocycles.